The molecule has 1 heterocycles. The van der Waals surface area contributed by atoms with Crippen LogP contribution in [0.25, 0.3) is 10.8 Å². The Hall–Kier alpha value is -2.33. The summed E-state index contributed by atoms with van der Waals surface area (Å²) in [7, 11) is 1.82. The summed E-state index contributed by atoms with van der Waals surface area (Å²) in [6.45, 7) is 1.92. The normalized spacial score (nSPS) is 10.6. The molecule has 0 bridgehead atoms. The molecule has 0 saturated carbocycles. The van der Waals surface area contributed by atoms with Gasteiger partial charge in [-0.25, -0.2) is 9.97 Å². The standard InChI is InChI=1S/C16H14ClN3O/c1-10-15(18-2)19-9-20-16(10)21-14-8-7-13(17)11-5-3-4-6-12(11)14/h3-9H,1-2H3,(H,18,19,20). The molecule has 21 heavy (non-hydrogen) atoms. The highest BCUT2D eigenvalue weighted by atomic mass is 35.5. The molecule has 106 valence electrons. The van der Waals surface area contributed by atoms with Gasteiger partial charge in [0.05, 0.1) is 5.56 Å². The van der Waals surface area contributed by atoms with Crippen molar-refractivity contribution in [1.29, 1.82) is 0 Å². The van der Waals surface area contributed by atoms with Crippen LogP contribution in [0.3, 0.4) is 0 Å². The highest BCUT2D eigenvalue weighted by molar-refractivity contribution is 6.35. The highest BCUT2D eigenvalue weighted by Crippen LogP contribution is 2.34. The molecule has 4 nitrogen and oxygen atoms in total. The van der Waals surface area contributed by atoms with Crippen LogP contribution >= 0.6 is 11.6 Å². The minimum absolute atomic E-state index is 0.529. The molecule has 0 aliphatic rings. The number of fused-ring (bicyclic) bond motifs is 1. The molecule has 1 N–H and O–H groups in total. The van der Waals surface area contributed by atoms with Gasteiger partial charge in [0.15, 0.2) is 0 Å². The number of rotatable bonds is 3. The van der Waals surface area contributed by atoms with E-state index in [1.807, 2.05) is 50.4 Å². The smallest absolute Gasteiger partial charge is 0.227 e. The van der Waals surface area contributed by atoms with Crippen LogP contribution in [-0.4, -0.2) is 17.0 Å². The third-order valence-electron chi connectivity index (χ3n) is 3.31. The van der Waals surface area contributed by atoms with Gasteiger partial charge in [-0.1, -0.05) is 35.9 Å². The van der Waals surface area contributed by atoms with E-state index in [0.29, 0.717) is 10.9 Å². The van der Waals surface area contributed by atoms with E-state index in [4.69, 9.17) is 16.3 Å². The van der Waals surface area contributed by atoms with Gasteiger partial charge in [0, 0.05) is 22.8 Å². The van der Waals surface area contributed by atoms with Crippen LogP contribution in [0.4, 0.5) is 5.82 Å². The molecular weight excluding hydrogens is 286 g/mol. The molecule has 0 radical (unpaired) electrons. The molecule has 0 unspecified atom stereocenters. The van der Waals surface area contributed by atoms with E-state index >= 15 is 0 Å². The Balaban J connectivity index is 2.09. The zero-order chi connectivity index (χ0) is 14.8. The number of hydrogen-bond acceptors (Lipinski definition) is 4. The van der Waals surface area contributed by atoms with Crippen LogP contribution in [0.15, 0.2) is 42.7 Å². The average molecular weight is 300 g/mol. The highest BCUT2D eigenvalue weighted by Gasteiger charge is 2.11. The lowest BCUT2D eigenvalue weighted by Gasteiger charge is -2.12. The Bertz CT molecular complexity index is 805. The van der Waals surface area contributed by atoms with Crippen LogP contribution in [0, 0.1) is 6.92 Å². The molecule has 2 aromatic carbocycles. The molecule has 0 fully saturated rings. The van der Waals surface area contributed by atoms with E-state index in [-0.39, 0.29) is 0 Å². The Kier molecular flexibility index (Phi) is 3.62. The van der Waals surface area contributed by atoms with Crippen molar-refractivity contribution in [3.8, 4) is 11.6 Å². The molecule has 1 aromatic heterocycles. The lowest BCUT2D eigenvalue weighted by atomic mass is 10.1. The number of aromatic nitrogens is 2. The van der Waals surface area contributed by atoms with E-state index in [1.165, 1.54) is 6.33 Å². The lowest BCUT2D eigenvalue weighted by molar-refractivity contribution is 0.463. The van der Waals surface area contributed by atoms with Crippen molar-refractivity contribution < 1.29 is 4.74 Å². The van der Waals surface area contributed by atoms with Crippen LogP contribution in [0.5, 0.6) is 11.6 Å². The predicted octanol–water partition coefficient (Wildman–Crippen LogP) is 4.43. The zero-order valence-electron chi connectivity index (χ0n) is 11.7. The SMILES string of the molecule is CNc1ncnc(Oc2ccc(Cl)c3ccccc23)c1C. The summed E-state index contributed by atoms with van der Waals surface area (Å²) in [6.07, 6.45) is 1.48. The van der Waals surface area contributed by atoms with Crippen LogP contribution in [0.1, 0.15) is 5.56 Å². The topological polar surface area (TPSA) is 47.0 Å². The van der Waals surface area contributed by atoms with E-state index in [2.05, 4.69) is 15.3 Å². The summed E-state index contributed by atoms with van der Waals surface area (Å²) in [5.74, 6) is 2.00. The third kappa shape index (κ3) is 2.50. The third-order valence-corrected chi connectivity index (χ3v) is 3.64. The number of hydrogen-bond donors (Lipinski definition) is 1. The Morgan fingerprint density at radius 1 is 1.05 bits per heavy atom. The fourth-order valence-electron chi connectivity index (χ4n) is 2.22. The molecule has 5 heteroatoms. The molecule has 0 aliphatic carbocycles. The van der Waals surface area contributed by atoms with E-state index in [9.17, 15) is 0 Å². The van der Waals surface area contributed by atoms with Gasteiger partial charge in [0.25, 0.3) is 0 Å². The van der Waals surface area contributed by atoms with Gasteiger partial charge in [-0.05, 0) is 19.1 Å². The van der Waals surface area contributed by atoms with Crippen molar-refractivity contribution in [2.75, 3.05) is 12.4 Å². The van der Waals surface area contributed by atoms with Gasteiger partial charge in [-0.2, -0.15) is 0 Å². The second kappa shape index (κ2) is 5.58. The first-order valence-corrected chi connectivity index (χ1v) is 6.93. The van der Waals surface area contributed by atoms with Crippen molar-refractivity contribution in [2.45, 2.75) is 6.92 Å². The summed E-state index contributed by atoms with van der Waals surface area (Å²) >= 11 is 6.22. The maximum atomic E-state index is 6.22. The summed E-state index contributed by atoms with van der Waals surface area (Å²) in [5.41, 5.74) is 0.860. The largest absolute Gasteiger partial charge is 0.438 e. The van der Waals surface area contributed by atoms with Gasteiger partial charge in [0.2, 0.25) is 5.88 Å². The molecule has 3 rings (SSSR count). The van der Waals surface area contributed by atoms with Crippen molar-refractivity contribution in [3.05, 3.63) is 53.3 Å². The first kappa shape index (κ1) is 13.6. The zero-order valence-corrected chi connectivity index (χ0v) is 12.5. The van der Waals surface area contributed by atoms with Crippen molar-refractivity contribution in [2.24, 2.45) is 0 Å². The summed E-state index contributed by atoms with van der Waals surface area (Å²) in [6, 6.07) is 11.5. The quantitative estimate of drug-likeness (QED) is 0.777. The van der Waals surface area contributed by atoms with E-state index in [0.717, 1.165) is 27.9 Å². The Morgan fingerprint density at radius 3 is 2.57 bits per heavy atom. The minimum atomic E-state index is 0.529. The molecule has 0 amide bonds. The molecule has 0 aliphatic heterocycles. The predicted molar refractivity (Wildman–Crippen MR) is 85.3 cm³/mol. The van der Waals surface area contributed by atoms with Crippen LogP contribution in [-0.2, 0) is 0 Å². The first-order valence-electron chi connectivity index (χ1n) is 6.55. The Morgan fingerprint density at radius 2 is 1.81 bits per heavy atom. The summed E-state index contributed by atoms with van der Waals surface area (Å²) < 4.78 is 5.97. The van der Waals surface area contributed by atoms with E-state index < -0.39 is 0 Å². The van der Waals surface area contributed by atoms with Crippen molar-refractivity contribution >= 4 is 28.2 Å². The molecule has 0 spiro atoms. The number of benzene rings is 2. The molecule has 0 saturated heterocycles. The van der Waals surface area contributed by atoms with Gasteiger partial charge >= 0.3 is 0 Å². The molecule has 0 atom stereocenters. The number of ether oxygens (including phenoxy) is 1. The number of nitrogens with one attached hydrogen (secondary N) is 1. The minimum Gasteiger partial charge on any atom is -0.438 e. The van der Waals surface area contributed by atoms with E-state index in [1.54, 1.807) is 0 Å². The second-order valence-corrected chi connectivity index (χ2v) is 5.00. The number of halogens is 1. The second-order valence-electron chi connectivity index (χ2n) is 4.60. The number of nitrogens with zero attached hydrogens (tertiary/aromatic N) is 2. The summed E-state index contributed by atoms with van der Waals surface area (Å²) in [4.78, 5) is 8.36. The lowest BCUT2D eigenvalue weighted by Crippen LogP contribution is -2.00. The van der Waals surface area contributed by atoms with Crippen molar-refractivity contribution in [3.63, 3.8) is 0 Å². The fourth-order valence-corrected chi connectivity index (χ4v) is 2.44. The van der Waals surface area contributed by atoms with Crippen molar-refractivity contribution in [1.82, 2.24) is 9.97 Å². The maximum absolute atomic E-state index is 6.22. The van der Waals surface area contributed by atoms with Gasteiger partial charge in [-0.3, -0.25) is 0 Å². The average Bonchev–Trinajstić information content (AvgIpc) is 2.52. The Labute approximate surface area is 127 Å². The van der Waals surface area contributed by atoms with Gasteiger partial charge < -0.3 is 10.1 Å². The molecule has 3 aromatic rings. The van der Waals surface area contributed by atoms with Gasteiger partial charge in [-0.15, -0.1) is 0 Å². The summed E-state index contributed by atoms with van der Waals surface area (Å²) in [5, 5.41) is 5.63. The number of anilines is 1. The monoisotopic (exact) mass is 299 g/mol. The molecular formula is C16H14ClN3O. The first-order chi connectivity index (χ1) is 10.2. The fraction of sp³-hybridized carbons (Fsp3) is 0.125. The van der Waals surface area contributed by atoms with Crippen LogP contribution in [0.2, 0.25) is 5.02 Å². The maximum Gasteiger partial charge on any atom is 0.227 e. The van der Waals surface area contributed by atoms with Crippen LogP contribution < -0.4 is 10.1 Å². The van der Waals surface area contributed by atoms with Gasteiger partial charge in [0.1, 0.15) is 17.9 Å².